The number of morpholine rings is 1. The topological polar surface area (TPSA) is 61.9 Å². The number of hydrogen-bond donors (Lipinski definition) is 1. The van der Waals surface area contributed by atoms with Gasteiger partial charge in [0.15, 0.2) is 0 Å². The zero-order valence-electron chi connectivity index (χ0n) is 10.7. The van der Waals surface area contributed by atoms with Gasteiger partial charge in [-0.15, -0.1) is 0 Å². The van der Waals surface area contributed by atoms with Gasteiger partial charge in [0.1, 0.15) is 0 Å². The van der Waals surface area contributed by atoms with E-state index in [0.29, 0.717) is 26.3 Å². The molecule has 0 aromatic rings. The third kappa shape index (κ3) is 3.68. The van der Waals surface area contributed by atoms with Crippen LogP contribution in [0.4, 0.5) is 0 Å². The summed E-state index contributed by atoms with van der Waals surface area (Å²) in [6.07, 6.45) is 2.19. The van der Waals surface area contributed by atoms with Crippen molar-refractivity contribution in [2.45, 2.75) is 12.8 Å². The molecule has 18 heavy (non-hydrogen) atoms. The summed E-state index contributed by atoms with van der Waals surface area (Å²) >= 11 is 0. The number of hydrogen-bond acceptors (Lipinski definition) is 4. The minimum absolute atomic E-state index is 0.0486. The van der Waals surface area contributed by atoms with E-state index in [1.807, 2.05) is 4.90 Å². The number of amides is 2. The Hall–Kier alpha value is -1.14. The summed E-state index contributed by atoms with van der Waals surface area (Å²) in [5, 5.41) is 2.94. The van der Waals surface area contributed by atoms with E-state index in [9.17, 15) is 9.59 Å². The highest BCUT2D eigenvalue weighted by Crippen LogP contribution is 2.06. The first-order valence-corrected chi connectivity index (χ1v) is 6.61. The van der Waals surface area contributed by atoms with Crippen molar-refractivity contribution in [3.63, 3.8) is 0 Å². The molecule has 2 saturated heterocycles. The van der Waals surface area contributed by atoms with Crippen LogP contribution in [0, 0.1) is 0 Å². The van der Waals surface area contributed by atoms with Crippen LogP contribution in [-0.4, -0.2) is 74.1 Å². The lowest BCUT2D eigenvalue weighted by Crippen LogP contribution is -2.46. The van der Waals surface area contributed by atoms with Crippen molar-refractivity contribution in [1.29, 1.82) is 0 Å². The SMILES string of the molecule is O=C(CNCC(=O)N1CCOCC1)N1CCCC1. The van der Waals surface area contributed by atoms with Crippen LogP contribution in [0.25, 0.3) is 0 Å². The maximum Gasteiger partial charge on any atom is 0.236 e. The lowest BCUT2D eigenvalue weighted by atomic mass is 10.4. The Labute approximate surface area is 107 Å². The van der Waals surface area contributed by atoms with Crippen LogP contribution in [0.1, 0.15) is 12.8 Å². The van der Waals surface area contributed by atoms with Gasteiger partial charge < -0.3 is 14.5 Å². The van der Waals surface area contributed by atoms with Gasteiger partial charge in [-0.3, -0.25) is 14.9 Å². The monoisotopic (exact) mass is 255 g/mol. The van der Waals surface area contributed by atoms with Crippen molar-refractivity contribution in [3.05, 3.63) is 0 Å². The van der Waals surface area contributed by atoms with Gasteiger partial charge in [0.2, 0.25) is 11.8 Å². The van der Waals surface area contributed by atoms with Gasteiger partial charge in [-0.1, -0.05) is 0 Å². The number of nitrogens with zero attached hydrogens (tertiary/aromatic N) is 2. The first-order chi connectivity index (χ1) is 8.77. The molecule has 2 aliphatic heterocycles. The average molecular weight is 255 g/mol. The molecule has 0 spiro atoms. The second-order valence-electron chi connectivity index (χ2n) is 4.68. The quantitative estimate of drug-likeness (QED) is 0.704. The van der Waals surface area contributed by atoms with Crippen LogP contribution < -0.4 is 5.32 Å². The highest BCUT2D eigenvalue weighted by Gasteiger charge is 2.19. The largest absolute Gasteiger partial charge is 0.378 e. The minimum atomic E-state index is 0.0486. The number of ether oxygens (including phenoxy) is 1. The molecule has 0 atom stereocenters. The number of carbonyl (C=O) groups excluding carboxylic acids is 2. The van der Waals surface area contributed by atoms with Crippen LogP contribution in [0.15, 0.2) is 0 Å². The summed E-state index contributed by atoms with van der Waals surface area (Å²) in [7, 11) is 0. The molecule has 0 saturated carbocycles. The van der Waals surface area contributed by atoms with Crippen LogP contribution >= 0.6 is 0 Å². The second-order valence-corrected chi connectivity index (χ2v) is 4.68. The van der Waals surface area contributed by atoms with E-state index in [-0.39, 0.29) is 24.9 Å². The lowest BCUT2D eigenvalue weighted by molar-refractivity contribution is -0.134. The van der Waals surface area contributed by atoms with Gasteiger partial charge in [-0.05, 0) is 12.8 Å². The summed E-state index contributed by atoms with van der Waals surface area (Å²) in [4.78, 5) is 27.1. The van der Waals surface area contributed by atoms with E-state index in [0.717, 1.165) is 25.9 Å². The van der Waals surface area contributed by atoms with Crippen LogP contribution in [0.5, 0.6) is 0 Å². The van der Waals surface area contributed by atoms with Crippen LogP contribution in [0.3, 0.4) is 0 Å². The Morgan fingerprint density at radius 2 is 1.39 bits per heavy atom. The van der Waals surface area contributed by atoms with E-state index in [2.05, 4.69) is 5.32 Å². The van der Waals surface area contributed by atoms with Gasteiger partial charge in [-0.2, -0.15) is 0 Å². The number of likely N-dealkylation sites (tertiary alicyclic amines) is 1. The van der Waals surface area contributed by atoms with Crippen molar-refractivity contribution >= 4 is 11.8 Å². The molecule has 2 rings (SSSR count). The molecule has 2 amide bonds. The van der Waals surface area contributed by atoms with E-state index < -0.39 is 0 Å². The Kier molecular flexibility index (Phi) is 4.95. The molecule has 0 radical (unpaired) electrons. The molecule has 2 aliphatic rings. The molecule has 1 N–H and O–H groups in total. The third-order valence-corrected chi connectivity index (χ3v) is 3.38. The Morgan fingerprint density at radius 1 is 0.889 bits per heavy atom. The zero-order chi connectivity index (χ0) is 12.8. The van der Waals surface area contributed by atoms with Crippen molar-refractivity contribution in [2.75, 3.05) is 52.5 Å². The lowest BCUT2D eigenvalue weighted by Gasteiger charge is -2.27. The van der Waals surface area contributed by atoms with Crippen LogP contribution in [-0.2, 0) is 14.3 Å². The van der Waals surface area contributed by atoms with Gasteiger partial charge in [0.25, 0.3) is 0 Å². The first kappa shape index (κ1) is 13.3. The Balaban J connectivity index is 1.62. The number of carbonyl (C=O) groups is 2. The highest BCUT2D eigenvalue weighted by molar-refractivity contribution is 5.81. The predicted molar refractivity (Wildman–Crippen MR) is 66.1 cm³/mol. The van der Waals surface area contributed by atoms with E-state index in [1.54, 1.807) is 4.90 Å². The maximum atomic E-state index is 11.8. The molecule has 0 aromatic carbocycles. The molecule has 6 heteroatoms. The van der Waals surface area contributed by atoms with Crippen molar-refractivity contribution in [1.82, 2.24) is 15.1 Å². The van der Waals surface area contributed by atoms with Gasteiger partial charge in [-0.25, -0.2) is 0 Å². The highest BCUT2D eigenvalue weighted by atomic mass is 16.5. The van der Waals surface area contributed by atoms with E-state index in [4.69, 9.17) is 4.74 Å². The molecule has 0 aromatic heterocycles. The van der Waals surface area contributed by atoms with Crippen molar-refractivity contribution in [3.8, 4) is 0 Å². The van der Waals surface area contributed by atoms with Gasteiger partial charge in [0, 0.05) is 26.2 Å². The Bertz CT molecular complexity index is 297. The molecule has 2 fully saturated rings. The molecule has 6 nitrogen and oxygen atoms in total. The van der Waals surface area contributed by atoms with Gasteiger partial charge in [0.05, 0.1) is 26.3 Å². The zero-order valence-corrected chi connectivity index (χ0v) is 10.7. The number of nitrogens with one attached hydrogen (secondary N) is 1. The van der Waals surface area contributed by atoms with E-state index >= 15 is 0 Å². The smallest absolute Gasteiger partial charge is 0.236 e. The second kappa shape index (κ2) is 6.70. The fraction of sp³-hybridized carbons (Fsp3) is 0.833. The average Bonchev–Trinajstić information content (AvgIpc) is 2.93. The molecule has 2 heterocycles. The molecular weight excluding hydrogens is 234 g/mol. The first-order valence-electron chi connectivity index (χ1n) is 6.61. The van der Waals surface area contributed by atoms with Crippen LogP contribution in [0.2, 0.25) is 0 Å². The fourth-order valence-electron chi connectivity index (χ4n) is 2.28. The molecule has 102 valence electrons. The summed E-state index contributed by atoms with van der Waals surface area (Å²) in [5.74, 6) is 0.148. The summed E-state index contributed by atoms with van der Waals surface area (Å²) in [6, 6.07) is 0. The Morgan fingerprint density at radius 3 is 1.94 bits per heavy atom. The molecule has 0 bridgehead atoms. The van der Waals surface area contributed by atoms with E-state index in [1.165, 1.54) is 0 Å². The molecule has 0 unspecified atom stereocenters. The predicted octanol–water partition coefficient (Wildman–Crippen LogP) is -0.943. The molecule has 0 aliphatic carbocycles. The summed E-state index contributed by atoms with van der Waals surface area (Å²) in [6.45, 7) is 4.74. The minimum Gasteiger partial charge on any atom is -0.378 e. The summed E-state index contributed by atoms with van der Waals surface area (Å²) < 4.78 is 5.18. The summed E-state index contributed by atoms with van der Waals surface area (Å²) in [5.41, 5.74) is 0. The molecular formula is C12H21N3O3. The maximum absolute atomic E-state index is 11.8. The normalized spacial score (nSPS) is 20.2. The van der Waals surface area contributed by atoms with Gasteiger partial charge >= 0.3 is 0 Å². The van der Waals surface area contributed by atoms with Crippen molar-refractivity contribution in [2.24, 2.45) is 0 Å². The standard InChI is InChI=1S/C12H21N3O3/c16-11(14-3-1-2-4-14)9-13-10-12(17)15-5-7-18-8-6-15/h13H,1-10H2. The van der Waals surface area contributed by atoms with Crippen molar-refractivity contribution < 1.29 is 14.3 Å². The third-order valence-electron chi connectivity index (χ3n) is 3.38. The fourth-order valence-corrected chi connectivity index (χ4v) is 2.28. The number of rotatable bonds is 4.